The molecule has 0 fully saturated rings. The molecule has 0 aliphatic carbocycles. The SMILES string of the molecule is O=c1c2cnn(Cc3ccccc3)c2nc(Cl)n1-c1ccccc1. The second-order valence-electron chi connectivity index (χ2n) is 5.38. The number of hydrogen-bond acceptors (Lipinski definition) is 3. The summed E-state index contributed by atoms with van der Waals surface area (Å²) >= 11 is 6.29. The molecule has 0 saturated heterocycles. The lowest BCUT2D eigenvalue weighted by Crippen LogP contribution is -2.20. The molecule has 24 heavy (non-hydrogen) atoms. The summed E-state index contributed by atoms with van der Waals surface area (Å²) in [5.41, 5.74) is 2.02. The Morgan fingerprint density at radius 1 is 0.958 bits per heavy atom. The standard InChI is InChI=1S/C18H13ClN4O/c19-18-21-16-15(17(24)23(18)14-9-5-2-6-10-14)11-20-22(16)12-13-7-3-1-4-8-13/h1-11H,12H2. The maximum Gasteiger partial charge on any atom is 0.270 e. The second-order valence-corrected chi connectivity index (χ2v) is 5.72. The van der Waals surface area contributed by atoms with Gasteiger partial charge in [0.05, 0.1) is 18.4 Å². The molecule has 0 atom stereocenters. The van der Waals surface area contributed by atoms with E-state index in [4.69, 9.17) is 11.6 Å². The van der Waals surface area contributed by atoms with Crippen LogP contribution in [0.25, 0.3) is 16.7 Å². The van der Waals surface area contributed by atoms with Gasteiger partial charge in [0, 0.05) is 0 Å². The number of fused-ring (bicyclic) bond motifs is 1. The highest BCUT2D eigenvalue weighted by molar-refractivity contribution is 6.29. The fraction of sp³-hybridized carbons (Fsp3) is 0.0556. The van der Waals surface area contributed by atoms with E-state index in [1.54, 1.807) is 10.9 Å². The molecule has 2 aromatic heterocycles. The quantitative estimate of drug-likeness (QED) is 0.539. The van der Waals surface area contributed by atoms with Gasteiger partial charge < -0.3 is 0 Å². The number of halogens is 1. The molecule has 5 nitrogen and oxygen atoms in total. The van der Waals surface area contributed by atoms with E-state index in [1.807, 2.05) is 60.7 Å². The van der Waals surface area contributed by atoms with Gasteiger partial charge >= 0.3 is 0 Å². The van der Waals surface area contributed by atoms with Crippen LogP contribution in [0.1, 0.15) is 5.56 Å². The summed E-state index contributed by atoms with van der Waals surface area (Å²) in [6.07, 6.45) is 1.55. The van der Waals surface area contributed by atoms with E-state index in [2.05, 4.69) is 10.1 Å². The Hall–Kier alpha value is -2.92. The van der Waals surface area contributed by atoms with Crippen molar-refractivity contribution in [1.82, 2.24) is 19.3 Å². The number of rotatable bonds is 3. The molecule has 0 saturated carbocycles. The first-order valence-electron chi connectivity index (χ1n) is 7.47. The molecule has 0 spiro atoms. The first-order valence-corrected chi connectivity index (χ1v) is 7.85. The maximum atomic E-state index is 12.8. The molecule has 118 valence electrons. The topological polar surface area (TPSA) is 52.7 Å². The van der Waals surface area contributed by atoms with Crippen LogP contribution in [0.2, 0.25) is 5.28 Å². The molecule has 0 amide bonds. The maximum absolute atomic E-state index is 12.8. The molecule has 0 bridgehead atoms. The Bertz CT molecular complexity index is 1060. The fourth-order valence-corrected chi connectivity index (χ4v) is 2.92. The molecule has 0 aliphatic rings. The van der Waals surface area contributed by atoms with Crippen molar-refractivity contribution in [3.63, 3.8) is 0 Å². The number of benzene rings is 2. The van der Waals surface area contributed by atoms with Crippen LogP contribution in [0.4, 0.5) is 0 Å². The van der Waals surface area contributed by atoms with Crippen molar-refractivity contribution in [2.24, 2.45) is 0 Å². The third kappa shape index (κ3) is 2.49. The Morgan fingerprint density at radius 3 is 2.33 bits per heavy atom. The molecule has 2 heterocycles. The minimum absolute atomic E-state index is 0.119. The number of hydrogen-bond donors (Lipinski definition) is 0. The third-order valence-electron chi connectivity index (χ3n) is 3.82. The van der Waals surface area contributed by atoms with Gasteiger partial charge in [-0.3, -0.25) is 9.36 Å². The van der Waals surface area contributed by atoms with Crippen molar-refractivity contribution in [2.45, 2.75) is 6.54 Å². The average Bonchev–Trinajstić information content (AvgIpc) is 3.00. The van der Waals surface area contributed by atoms with Crippen molar-refractivity contribution < 1.29 is 0 Å². The van der Waals surface area contributed by atoms with E-state index in [0.29, 0.717) is 23.3 Å². The van der Waals surface area contributed by atoms with Crippen LogP contribution < -0.4 is 5.56 Å². The number of nitrogens with zero attached hydrogens (tertiary/aromatic N) is 4. The van der Waals surface area contributed by atoms with Gasteiger partial charge in [0.2, 0.25) is 5.28 Å². The van der Waals surface area contributed by atoms with Crippen LogP contribution in [0, 0.1) is 0 Å². The van der Waals surface area contributed by atoms with E-state index in [-0.39, 0.29) is 10.8 Å². The zero-order valence-corrected chi connectivity index (χ0v) is 13.4. The van der Waals surface area contributed by atoms with Crippen molar-refractivity contribution in [3.8, 4) is 5.69 Å². The van der Waals surface area contributed by atoms with Gasteiger partial charge in [-0.05, 0) is 29.3 Å². The molecule has 0 N–H and O–H groups in total. The zero-order valence-electron chi connectivity index (χ0n) is 12.6. The Kier molecular flexibility index (Phi) is 3.63. The van der Waals surface area contributed by atoms with Gasteiger partial charge in [0.25, 0.3) is 5.56 Å². The summed E-state index contributed by atoms with van der Waals surface area (Å²) in [5.74, 6) is 0. The Morgan fingerprint density at radius 2 is 1.62 bits per heavy atom. The van der Waals surface area contributed by atoms with Crippen LogP contribution in [0.3, 0.4) is 0 Å². The number of para-hydroxylation sites is 1. The minimum atomic E-state index is -0.226. The number of aromatic nitrogens is 4. The van der Waals surface area contributed by atoms with Crippen molar-refractivity contribution in [1.29, 1.82) is 0 Å². The van der Waals surface area contributed by atoms with Gasteiger partial charge in [-0.15, -0.1) is 0 Å². The van der Waals surface area contributed by atoms with Crippen molar-refractivity contribution in [2.75, 3.05) is 0 Å². The van der Waals surface area contributed by atoms with Crippen LogP contribution in [0.15, 0.2) is 71.7 Å². The van der Waals surface area contributed by atoms with Gasteiger partial charge in [0.15, 0.2) is 5.65 Å². The zero-order chi connectivity index (χ0) is 16.5. The van der Waals surface area contributed by atoms with E-state index in [1.165, 1.54) is 4.57 Å². The third-order valence-corrected chi connectivity index (χ3v) is 4.07. The highest BCUT2D eigenvalue weighted by Gasteiger charge is 2.15. The first kappa shape index (κ1) is 14.7. The lowest BCUT2D eigenvalue weighted by Gasteiger charge is -2.08. The molecule has 4 aromatic rings. The summed E-state index contributed by atoms with van der Waals surface area (Å²) in [5, 5.41) is 4.87. The predicted octanol–water partition coefficient (Wildman–Crippen LogP) is 3.28. The lowest BCUT2D eigenvalue weighted by atomic mass is 10.2. The van der Waals surface area contributed by atoms with E-state index >= 15 is 0 Å². The van der Waals surface area contributed by atoms with E-state index in [9.17, 15) is 4.79 Å². The summed E-state index contributed by atoms with van der Waals surface area (Å²) in [4.78, 5) is 17.2. The van der Waals surface area contributed by atoms with E-state index < -0.39 is 0 Å². The largest absolute Gasteiger partial charge is 0.270 e. The lowest BCUT2D eigenvalue weighted by molar-refractivity contribution is 0.702. The van der Waals surface area contributed by atoms with Crippen molar-refractivity contribution >= 4 is 22.6 Å². The average molecular weight is 337 g/mol. The monoisotopic (exact) mass is 336 g/mol. The van der Waals surface area contributed by atoms with Crippen LogP contribution in [-0.2, 0) is 6.54 Å². The predicted molar refractivity (Wildman–Crippen MR) is 93.7 cm³/mol. The molecule has 2 aromatic carbocycles. The molecular formula is C18H13ClN4O. The van der Waals surface area contributed by atoms with Crippen LogP contribution in [0.5, 0.6) is 0 Å². The molecule has 4 rings (SSSR count). The molecule has 0 unspecified atom stereocenters. The summed E-state index contributed by atoms with van der Waals surface area (Å²) in [6, 6.07) is 19.1. The van der Waals surface area contributed by atoms with Crippen LogP contribution >= 0.6 is 11.6 Å². The summed E-state index contributed by atoms with van der Waals surface area (Å²) in [6.45, 7) is 0.530. The smallest absolute Gasteiger partial charge is 0.268 e. The van der Waals surface area contributed by atoms with Gasteiger partial charge in [-0.2, -0.15) is 10.1 Å². The molecule has 6 heteroatoms. The molecule has 0 radical (unpaired) electrons. The second kappa shape index (κ2) is 5.94. The molecular weight excluding hydrogens is 324 g/mol. The van der Waals surface area contributed by atoms with Gasteiger partial charge in [-0.25, -0.2) is 4.68 Å². The Balaban J connectivity index is 1.86. The van der Waals surface area contributed by atoms with Gasteiger partial charge in [-0.1, -0.05) is 48.5 Å². The Labute approximate surface area is 142 Å². The minimum Gasteiger partial charge on any atom is -0.268 e. The van der Waals surface area contributed by atoms with Gasteiger partial charge in [0.1, 0.15) is 5.39 Å². The molecule has 0 aliphatic heterocycles. The summed E-state index contributed by atoms with van der Waals surface area (Å²) < 4.78 is 3.08. The summed E-state index contributed by atoms with van der Waals surface area (Å²) in [7, 11) is 0. The normalized spacial score (nSPS) is 11.0. The van der Waals surface area contributed by atoms with Crippen molar-refractivity contribution in [3.05, 3.63) is 88.1 Å². The first-order chi connectivity index (χ1) is 11.7. The highest BCUT2D eigenvalue weighted by Crippen LogP contribution is 2.16. The van der Waals surface area contributed by atoms with Crippen LogP contribution in [-0.4, -0.2) is 19.3 Å². The van der Waals surface area contributed by atoms with E-state index in [0.717, 1.165) is 5.56 Å². The fourth-order valence-electron chi connectivity index (χ4n) is 2.66. The highest BCUT2D eigenvalue weighted by atomic mass is 35.5.